The Bertz CT molecular complexity index is 318. The average Bonchev–Trinajstić information content (AvgIpc) is 2.35. The molecule has 22 heavy (non-hydrogen) atoms. The molecule has 1 heteroatoms. The van der Waals surface area contributed by atoms with Crippen molar-refractivity contribution in [3.63, 3.8) is 0 Å². The number of rotatable bonds is 4. The van der Waals surface area contributed by atoms with Crippen LogP contribution in [0.3, 0.4) is 0 Å². The molecule has 0 radical (unpaired) electrons. The molecule has 1 aliphatic rings. The van der Waals surface area contributed by atoms with Gasteiger partial charge < -0.3 is 4.90 Å². The van der Waals surface area contributed by atoms with E-state index in [4.69, 9.17) is 0 Å². The standard InChI is InChI=1S/C21H43N/c1-9-12-18-14-21(6,7)16-22(8)15-20(4,5)13-17(10-2)19(18)11-3/h17-19H,9-16H2,1-8H3. The zero-order valence-corrected chi connectivity index (χ0v) is 16.8. The second-order valence-corrected chi connectivity index (χ2v) is 9.70. The summed E-state index contributed by atoms with van der Waals surface area (Å²) >= 11 is 0. The van der Waals surface area contributed by atoms with Gasteiger partial charge in [-0.3, -0.25) is 0 Å². The first kappa shape index (κ1) is 20.0. The second-order valence-electron chi connectivity index (χ2n) is 9.70. The molecule has 0 saturated carbocycles. The Morgan fingerprint density at radius 1 is 0.818 bits per heavy atom. The largest absolute Gasteiger partial charge is 0.305 e. The van der Waals surface area contributed by atoms with Crippen molar-refractivity contribution in [2.45, 2.75) is 87.0 Å². The molecule has 0 aliphatic carbocycles. The van der Waals surface area contributed by atoms with Crippen LogP contribution in [0.25, 0.3) is 0 Å². The smallest absolute Gasteiger partial charge is 0.00300 e. The third-order valence-corrected chi connectivity index (χ3v) is 5.89. The van der Waals surface area contributed by atoms with Gasteiger partial charge in [-0.2, -0.15) is 0 Å². The minimum Gasteiger partial charge on any atom is -0.305 e. The summed E-state index contributed by atoms with van der Waals surface area (Å²) in [6, 6.07) is 0. The Morgan fingerprint density at radius 3 is 1.73 bits per heavy atom. The van der Waals surface area contributed by atoms with Gasteiger partial charge in [-0.1, -0.05) is 74.1 Å². The number of hydrogen-bond acceptors (Lipinski definition) is 1. The summed E-state index contributed by atoms with van der Waals surface area (Å²) in [7, 11) is 2.33. The lowest BCUT2D eigenvalue weighted by molar-refractivity contribution is 0.0500. The van der Waals surface area contributed by atoms with Gasteiger partial charge in [0.25, 0.3) is 0 Å². The van der Waals surface area contributed by atoms with E-state index in [2.05, 4.69) is 60.4 Å². The summed E-state index contributed by atoms with van der Waals surface area (Å²) in [6.45, 7) is 19.7. The third-order valence-electron chi connectivity index (χ3n) is 5.89. The minimum atomic E-state index is 0.438. The van der Waals surface area contributed by atoms with Gasteiger partial charge in [0.2, 0.25) is 0 Å². The summed E-state index contributed by atoms with van der Waals surface area (Å²) in [5.41, 5.74) is 0.876. The molecule has 0 amide bonds. The van der Waals surface area contributed by atoms with E-state index in [0.717, 1.165) is 17.8 Å². The van der Waals surface area contributed by atoms with Crippen LogP contribution in [-0.2, 0) is 0 Å². The maximum Gasteiger partial charge on any atom is 0.00300 e. The molecule has 0 N–H and O–H groups in total. The molecule has 1 rings (SSSR count). The van der Waals surface area contributed by atoms with Crippen molar-refractivity contribution in [3.05, 3.63) is 0 Å². The van der Waals surface area contributed by atoms with Crippen LogP contribution in [0.2, 0.25) is 0 Å². The maximum atomic E-state index is 2.60. The fourth-order valence-electron chi connectivity index (χ4n) is 5.55. The molecule has 0 aromatic heterocycles. The summed E-state index contributed by atoms with van der Waals surface area (Å²) < 4.78 is 0. The van der Waals surface area contributed by atoms with Crippen molar-refractivity contribution < 1.29 is 0 Å². The molecule has 1 heterocycles. The quantitative estimate of drug-likeness (QED) is 0.594. The molecule has 0 spiro atoms. The Morgan fingerprint density at radius 2 is 1.32 bits per heavy atom. The maximum absolute atomic E-state index is 2.60. The van der Waals surface area contributed by atoms with Gasteiger partial charge in [-0.25, -0.2) is 0 Å². The highest BCUT2D eigenvalue weighted by Crippen LogP contribution is 2.44. The third kappa shape index (κ3) is 5.87. The van der Waals surface area contributed by atoms with Gasteiger partial charge in [0.05, 0.1) is 0 Å². The molecule has 132 valence electrons. The molecule has 0 bridgehead atoms. The highest BCUT2D eigenvalue weighted by atomic mass is 15.1. The van der Waals surface area contributed by atoms with E-state index in [1.807, 2.05) is 0 Å². The van der Waals surface area contributed by atoms with Crippen molar-refractivity contribution in [1.82, 2.24) is 4.90 Å². The van der Waals surface area contributed by atoms with Gasteiger partial charge >= 0.3 is 0 Å². The van der Waals surface area contributed by atoms with Crippen LogP contribution < -0.4 is 0 Å². The van der Waals surface area contributed by atoms with Gasteiger partial charge in [0, 0.05) is 13.1 Å². The van der Waals surface area contributed by atoms with Crippen molar-refractivity contribution in [2.24, 2.45) is 28.6 Å². The Balaban J connectivity index is 3.11. The Kier molecular flexibility index (Phi) is 7.43. The fraction of sp³-hybridized carbons (Fsp3) is 1.00. The van der Waals surface area contributed by atoms with E-state index in [1.54, 1.807) is 0 Å². The van der Waals surface area contributed by atoms with Gasteiger partial charge in [-0.15, -0.1) is 0 Å². The van der Waals surface area contributed by atoms with E-state index in [9.17, 15) is 0 Å². The number of hydrogen-bond donors (Lipinski definition) is 0. The summed E-state index contributed by atoms with van der Waals surface area (Å²) in [5.74, 6) is 2.74. The monoisotopic (exact) mass is 309 g/mol. The van der Waals surface area contributed by atoms with Crippen molar-refractivity contribution in [1.29, 1.82) is 0 Å². The average molecular weight is 310 g/mol. The second kappa shape index (κ2) is 8.18. The van der Waals surface area contributed by atoms with Gasteiger partial charge in [0.15, 0.2) is 0 Å². The van der Waals surface area contributed by atoms with Crippen LogP contribution in [0.5, 0.6) is 0 Å². The summed E-state index contributed by atoms with van der Waals surface area (Å²) in [4.78, 5) is 2.60. The van der Waals surface area contributed by atoms with Crippen LogP contribution in [0.1, 0.15) is 87.0 Å². The van der Waals surface area contributed by atoms with E-state index in [-0.39, 0.29) is 0 Å². The summed E-state index contributed by atoms with van der Waals surface area (Å²) in [6.07, 6.45) is 8.28. The molecule has 1 fully saturated rings. The molecule has 1 saturated heterocycles. The zero-order chi connectivity index (χ0) is 17.0. The highest BCUT2D eigenvalue weighted by molar-refractivity contribution is 4.88. The lowest BCUT2D eigenvalue weighted by atomic mass is 9.65. The van der Waals surface area contributed by atoms with Crippen molar-refractivity contribution in [2.75, 3.05) is 20.1 Å². The Labute approximate surface area is 141 Å². The van der Waals surface area contributed by atoms with E-state index < -0.39 is 0 Å². The SMILES string of the molecule is CCCC1CC(C)(C)CN(C)CC(C)(C)CC(CC)C1CC. The van der Waals surface area contributed by atoms with E-state index in [0.29, 0.717) is 10.8 Å². The normalized spacial score (nSPS) is 33.5. The van der Waals surface area contributed by atoms with Crippen LogP contribution in [0, 0.1) is 28.6 Å². The van der Waals surface area contributed by atoms with Crippen LogP contribution in [0.4, 0.5) is 0 Å². The molecule has 1 nitrogen and oxygen atoms in total. The highest BCUT2D eigenvalue weighted by Gasteiger charge is 2.37. The van der Waals surface area contributed by atoms with Crippen LogP contribution in [0.15, 0.2) is 0 Å². The van der Waals surface area contributed by atoms with Crippen molar-refractivity contribution in [3.8, 4) is 0 Å². The van der Waals surface area contributed by atoms with E-state index in [1.165, 1.54) is 51.6 Å². The predicted octanol–water partition coefficient (Wildman–Crippen LogP) is 6.23. The van der Waals surface area contributed by atoms with Gasteiger partial charge in [-0.05, 0) is 48.5 Å². The first-order chi connectivity index (χ1) is 10.1. The summed E-state index contributed by atoms with van der Waals surface area (Å²) in [5, 5.41) is 0. The minimum absolute atomic E-state index is 0.438. The van der Waals surface area contributed by atoms with Crippen molar-refractivity contribution >= 4 is 0 Å². The molecule has 0 aromatic carbocycles. The van der Waals surface area contributed by atoms with Gasteiger partial charge in [0.1, 0.15) is 0 Å². The lowest BCUT2D eigenvalue weighted by Gasteiger charge is -2.45. The molecule has 1 aliphatic heterocycles. The topological polar surface area (TPSA) is 3.24 Å². The molecular formula is C21H43N. The first-order valence-electron chi connectivity index (χ1n) is 9.82. The molecule has 0 aromatic rings. The Hall–Kier alpha value is -0.0400. The van der Waals surface area contributed by atoms with Crippen LogP contribution in [-0.4, -0.2) is 25.0 Å². The first-order valence-corrected chi connectivity index (χ1v) is 9.82. The number of nitrogens with zero attached hydrogens (tertiary/aromatic N) is 1. The molecule has 3 atom stereocenters. The fourth-order valence-corrected chi connectivity index (χ4v) is 5.55. The predicted molar refractivity (Wildman–Crippen MR) is 100 cm³/mol. The molecule has 3 unspecified atom stereocenters. The molecular weight excluding hydrogens is 266 g/mol. The van der Waals surface area contributed by atoms with Crippen LogP contribution >= 0.6 is 0 Å². The zero-order valence-electron chi connectivity index (χ0n) is 16.8. The lowest BCUT2D eigenvalue weighted by Crippen LogP contribution is -2.42. The van der Waals surface area contributed by atoms with E-state index >= 15 is 0 Å².